The van der Waals surface area contributed by atoms with Crippen LogP contribution in [-0.2, 0) is 16.3 Å². The number of sulfone groups is 1. The summed E-state index contributed by atoms with van der Waals surface area (Å²) in [6.07, 6.45) is 1.49. The van der Waals surface area contributed by atoms with Crippen LogP contribution in [0.3, 0.4) is 0 Å². The van der Waals surface area contributed by atoms with Crippen LogP contribution in [0.4, 0.5) is 4.79 Å². The van der Waals surface area contributed by atoms with Crippen LogP contribution in [0.15, 0.2) is 42.5 Å². The lowest BCUT2D eigenvalue weighted by Crippen LogP contribution is -2.42. The predicted molar refractivity (Wildman–Crippen MR) is 98.5 cm³/mol. The van der Waals surface area contributed by atoms with Crippen LogP contribution in [0.2, 0.25) is 0 Å². The van der Waals surface area contributed by atoms with Crippen LogP contribution in [0, 0.1) is 0 Å². The molecular formula is C19H21NO5S. The van der Waals surface area contributed by atoms with Crippen LogP contribution in [0.1, 0.15) is 22.7 Å². The molecule has 7 heteroatoms. The lowest BCUT2D eigenvalue weighted by atomic mass is 9.88. The lowest BCUT2D eigenvalue weighted by molar-refractivity contribution is 0.202. The molecule has 0 saturated carbocycles. The molecule has 0 spiro atoms. The molecular weight excluding hydrogens is 354 g/mol. The maximum Gasteiger partial charge on any atom is 0.339 e. The van der Waals surface area contributed by atoms with Crippen LogP contribution < -0.4 is 9.47 Å². The smallest absolute Gasteiger partial charge is 0.339 e. The van der Waals surface area contributed by atoms with Crippen molar-refractivity contribution in [1.29, 1.82) is 0 Å². The average molecular weight is 375 g/mol. The van der Waals surface area contributed by atoms with Gasteiger partial charge >= 0.3 is 5.24 Å². The summed E-state index contributed by atoms with van der Waals surface area (Å²) in [5.74, 6) is 1.15. The Morgan fingerprint density at radius 3 is 2.27 bits per heavy atom. The van der Waals surface area contributed by atoms with E-state index in [0.29, 0.717) is 24.5 Å². The van der Waals surface area contributed by atoms with Crippen molar-refractivity contribution < 1.29 is 22.7 Å². The summed E-state index contributed by atoms with van der Waals surface area (Å²) in [6.45, 7) is 0.313. The van der Waals surface area contributed by atoms with Crippen molar-refractivity contribution in [3.05, 3.63) is 59.2 Å². The minimum absolute atomic E-state index is 0.313. The molecule has 6 nitrogen and oxygen atoms in total. The van der Waals surface area contributed by atoms with E-state index in [1.165, 1.54) is 4.90 Å². The fourth-order valence-corrected chi connectivity index (χ4v) is 3.97. The van der Waals surface area contributed by atoms with Crippen molar-refractivity contribution in [2.75, 3.05) is 27.0 Å². The van der Waals surface area contributed by atoms with E-state index in [4.69, 9.17) is 9.47 Å². The van der Waals surface area contributed by atoms with Crippen molar-refractivity contribution in [3.8, 4) is 11.5 Å². The molecule has 0 bridgehead atoms. The number of hydrogen-bond donors (Lipinski definition) is 0. The molecule has 0 aliphatic carbocycles. The Kier molecular flexibility index (Phi) is 4.91. The second kappa shape index (κ2) is 6.99. The first-order valence-electron chi connectivity index (χ1n) is 8.17. The molecule has 0 fully saturated rings. The number of methoxy groups -OCH3 is 2. The van der Waals surface area contributed by atoms with E-state index >= 15 is 0 Å². The van der Waals surface area contributed by atoms with Gasteiger partial charge in [-0.1, -0.05) is 30.3 Å². The summed E-state index contributed by atoms with van der Waals surface area (Å²) in [7, 11) is -0.727. The fraction of sp³-hybridized carbons (Fsp3) is 0.316. The third-order valence-electron chi connectivity index (χ3n) is 4.54. The third-order valence-corrected chi connectivity index (χ3v) is 5.41. The van der Waals surface area contributed by atoms with Gasteiger partial charge in [-0.2, -0.15) is 0 Å². The number of rotatable bonds is 3. The molecule has 1 heterocycles. The first-order valence-corrected chi connectivity index (χ1v) is 10.1. The summed E-state index contributed by atoms with van der Waals surface area (Å²) >= 11 is 0. The second-order valence-electron chi connectivity index (χ2n) is 6.20. The van der Waals surface area contributed by atoms with Gasteiger partial charge in [-0.25, -0.2) is 8.42 Å². The van der Waals surface area contributed by atoms with Crippen molar-refractivity contribution in [2.24, 2.45) is 0 Å². The minimum atomic E-state index is -3.84. The van der Waals surface area contributed by atoms with Crippen LogP contribution in [0.25, 0.3) is 0 Å². The molecule has 1 amide bonds. The largest absolute Gasteiger partial charge is 0.493 e. The van der Waals surface area contributed by atoms with Gasteiger partial charge in [-0.05, 0) is 35.2 Å². The van der Waals surface area contributed by atoms with Gasteiger partial charge in [0.2, 0.25) is 9.84 Å². The molecule has 0 aromatic heterocycles. The Bertz CT molecular complexity index is 924. The minimum Gasteiger partial charge on any atom is -0.493 e. The molecule has 0 N–H and O–H groups in total. The van der Waals surface area contributed by atoms with Crippen molar-refractivity contribution in [3.63, 3.8) is 0 Å². The lowest BCUT2D eigenvalue weighted by Gasteiger charge is -2.37. The molecule has 1 aliphatic heterocycles. The number of carbonyl (C=O) groups excluding carboxylic acids is 1. The Labute approximate surface area is 153 Å². The molecule has 3 rings (SSSR count). The molecule has 0 unspecified atom stereocenters. The van der Waals surface area contributed by atoms with E-state index in [-0.39, 0.29) is 0 Å². The standard InChI is InChI=1S/C19H21NO5S/c1-24-16-11-14-9-10-20(19(21)26(3,22)23)18(13-7-5-4-6-8-13)15(14)12-17(16)25-2/h4-8,11-12,18H,9-10H2,1-3H3/t18-/m0/s1. The molecule has 2 aromatic carbocycles. The maximum atomic E-state index is 12.6. The van der Waals surface area contributed by atoms with Gasteiger partial charge in [0.1, 0.15) is 0 Å². The number of fused-ring (bicyclic) bond motifs is 1. The summed E-state index contributed by atoms with van der Waals surface area (Å²) in [5, 5.41) is -0.869. The van der Waals surface area contributed by atoms with Gasteiger partial charge in [0.05, 0.1) is 20.3 Å². The normalized spacial score (nSPS) is 16.7. The number of hydrogen-bond acceptors (Lipinski definition) is 5. The Balaban J connectivity index is 2.20. The average Bonchev–Trinajstić information content (AvgIpc) is 2.65. The number of carbonyl (C=O) groups is 1. The zero-order valence-electron chi connectivity index (χ0n) is 14.9. The fourth-order valence-electron chi connectivity index (χ4n) is 3.35. The van der Waals surface area contributed by atoms with Gasteiger partial charge in [-0.3, -0.25) is 4.79 Å². The zero-order valence-corrected chi connectivity index (χ0v) is 15.7. The van der Waals surface area contributed by atoms with E-state index < -0.39 is 21.1 Å². The highest BCUT2D eigenvalue weighted by atomic mass is 32.2. The topological polar surface area (TPSA) is 72.9 Å². The second-order valence-corrected chi connectivity index (χ2v) is 8.09. The van der Waals surface area contributed by atoms with Crippen LogP contribution in [0.5, 0.6) is 11.5 Å². The molecule has 0 radical (unpaired) electrons. The molecule has 26 heavy (non-hydrogen) atoms. The van der Waals surface area contributed by atoms with E-state index in [1.807, 2.05) is 42.5 Å². The maximum absolute atomic E-state index is 12.6. The molecule has 1 aliphatic rings. The number of benzene rings is 2. The number of ether oxygens (including phenoxy) is 2. The molecule has 0 saturated heterocycles. The van der Waals surface area contributed by atoms with Crippen LogP contribution >= 0.6 is 0 Å². The van der Waals surface area contributed by atoms with E-state index in [1.54, 1.807) is 14.2 Å². The SMILES string of the molecule is COc1cc2c(cc1OC)[C@H](c1ccccc1)N(C(=O)S(C)(=O)=O)CC2. The summed E-state index contributed by atoms with van der Waals surface area (Å²) in [4.78, 5) is 14.0. The molecule has 138 valence electrons. The summed E-state index contributed by atoms with van der Waals surface area (Å²) in [5.41, 5.74) is 2.70. The van der Waals surface area contributed by atoms with Gasteiger partial charge in [0.25, 0.3) is 0 Å². The Morgan fingerprint density at radius 1 is 1.08 bits per heavy atom. The first-order chi connectivity index (χ1) is 12.4. The highest BCUT2D eigenvalue weighted by molar-refractivity contribution is 8.05. The highest BCUT2D eigenvalue weighted by Crippen LogP contribution is 2.41. The van der Waals surface area contributed by atoms with Gasteiger partial charge < -0.3 is 14.4 Å². The van der Waals surface area contributed by atoms with Crippen molar-refractivity contribution in [1.82, 2.24) is 4.90 Å². The van der Waals surface area contributed by atoms with Gasteiger partial charge in [-0.15, -0.1) is 0 Å². The summed E-state index contributed by atoms with van der Waals surface area (Å²) < 4.78 is 34.6. The number of amides is 1. The molecule has 1 atom stereocenters. The van der Waals surface area contributed by atoms with E-state index in [2.05, 4.69) is 0 Å². The van der Waals surface area contributed by atoms with Crippen molar-refractivity contribution in [2.45, 2.75) is 12.5 Å². The van der Waals surface area contributed by atoms with Crippen LogP contribution in [-0.4, -0.2) is 45.6 Å². The Morgan fingerprint density at radius 2 is 1.69 bits per heavy atom. The van der Waals surface area contributed by atoms with Crippen molar-refractivity contribution >= 4 is 15.1 Å². The van der Waals surface area contributed by atoms with Gasteiger partial charge in [0, 0.05) is 12.8 Å². The molecule has 2 aromatic rings. The predicted octanol–water partition coefficient (Wildman–Crippen LogP) is 2.82. The monoisotopic (exact) mass is 375 g/mol. The third kappa shape index (κ3) is 3.26. The van der Waals surface area contributed by atoms with E-state index in [0.717, 1.165) is 22.9 Å². The van der Waals surface area contributed by atoms with E-state index in [9.17, 15) is 13.2 Å². The van der Waals surface area contributed by atoms with Gasteiger partial charge in [0.15, 0.2) is 11.5 Å². The highest BCUT2D eigenvalue weighted by Gasteiger charge is 2.36. The number of nitrogens with zero attached hydrogens (tertiary/aromatic N) is 1. The zero-order chi connectivity index (χ0) is 18.9. The summed E-state index contributed by atoms with van der Waals surface area (Å²) in [6, 6.07) is 12.6. The Hall–Kier alpha value is -2.54. The first kappa shape index (κ1) is 18.3. The quantitative estimate of drug-likeness (QED) is 0.825.